The predicted octanol–water partition coefficient (Wildman–Crippen LogP) is 5.91. The highest BCUT2D eigenvalue weighted by Gasteiger charge is 2.60. The predicted molar refractivity (Wildman–Crippen MR) is 155 cm³/mol. The number of aryl methyl sites for hydroxylation is 1. The number of hydrogen-bond acceptors (Lipinski definition) is 6. The van der Waals surface area contributed by atoms with Gasteiger partial charge in [-0.05, 0) is 86.2 Å². The summed E-state index contributed by atoms with van der Waals surface area (Å²) in [5.41, 5.74) is -1.25. The minimum atomic E-state index is -5.87. The molecule has 0 radical (unpaired) electrons. The number of rotatable bonds is 7. The normalized spacial score (nSPS) is 12.3. The molecule has 0 fully saturated rings. The van der Waals surface area contributed by atoms with E-state index in [-0.39, 0.29) is 33.5 Å². The van der Waals surface area contributed by atoms with Crippen molar-refractivity contribution < 1.29 is 31.5 Å². The highest BCUT2D eigenvalue weighted by Crippen LogP contribution is 2.42. The number of hydrogen-bond donors (Lipinski definition) is 2. The first kappa shape index (κ1) is 32.2. The molecule has 0 aliphatic rings. The summed E-state index contributed by atoms with van der Waals surface area (Å²) in [5.74, 6) is -6.35. The zero-order valence-electron chi connectivity index (χ0n) is 22.9. The topological polar surface area (TPSA) is 120 Å². The van der Waals surface area contributed by atoms with Gasteiger partial charge in [0.15, 0.2) is 11.5 Å². The van der Waals surface area contributed by atoms with Crippen LogP contribution in [0, 0.1) is 10.5 Å². The molecule has 3 heterocycles. The lowest BCUT2D eigenvalue weighted by Gasteiger charge is -2.22. The summed E-state index contributed by atoms with van der Waals surface area (Å²) in [6.07, 6.45) is -4.03. The van der Waals surface area contributed by atoms with Crippen molar-refractivity contribution in [2.45, 2.75) is 51.9 Å². The molecular weight excluding hydrogens is 714 g/mol. The second kappa shape index (κ2) is 11.8. The van der Waals surface area contributed by atoms with E-state index in [1.807, 2.05) is 20.8 Å². The monoisotopic (exact) mass is 736 g/mol. The van der Waals surface area contributed by atoms with Crippen molar-refractivity contribution in [1.29, 1.82) is 0 Å². The molecule has 0 atom stereocenters. The minimum absolute atomic E-state index is 0.0312. The molecular formula is C26H23ClF5IN8O2. The van der Waals surface area contributed by atoms with Gasteiger partial charge in [0, 0.05) is 15.3 Å². The molecule has 0 unspecified atom stereocenters. The summed E-state index contributed by atoms with van der Waals surface area (Å²) in [7, 11) is 0. The van der Waals surface area contributed by atoms with Crippen LogP contribution in [0.4, 0.5) is 27.6 Å². The van der Waals surface area contributed by atoms with Crippen LogP contribution in [0.15, 0.2) is 42.7 Å². The highest BCUT2D eigenvalue weighted by atomic mass is 127. The minimum Gasteiger partial charge on any atom is -0.347 e. The number of alkyl halides is 5. The van der Waals surface area contributed by atoms with Gasteiger partial charge in [0.1, 0.15) is 5.69 Å². The number of carbonyl (C=O) groups excluding carboxylic acids is 2. The summed E-state index contributed by atoms with van der Waals surface area (Å²) in [5, 5.41) is 16.3. The van der Waals surface area contributed by atoms with Crippen molar-refractivity contribution >= 4 is 51.7 Å². The van der Waals surface area contributed by atoms with Crippen LogP contribution in [0.2, 0.25) is 5.02 Å². The van der Waals surface area contributed by atoms with Gasteiger partial charge in [-0.15, -0.1) is 5.10 Å². The fraction of sp³-hybridized carbons (Fsp3) is 0.308. The zero-order chi connectivity index (χ0) is 31.9. The first-order valence-corrected chi connectivity index (χ1v) is 13.8. The van der Waals surface area contributed by atoms with Gasteiger partial charge in [-0.3, -0.25) is 9.59 Å². The number of benzene rings is 1. The van der Waals surface area contributed by atoms with E-state index in [2.05, 4.69) is 53.6 Å². The van der Waals surface area contributed by atoms with Crippen molar-refractivity contribution in [2.75, 3.05) is 5.32 Å². The van der Waals surface area contributed by atoms with E-state index in [9.17, 15) is 31.5 Å². The first-order chi connectivity index (χ1) is 19.9. The molecule has 1 aromatic carbocycles. The molecule has 0 bridgehead atoms. The highest BCUT2D eigenvalue weighted by molar-refractivity contribution is 14.1. The Morgan fingerprint density at radius 3 is 2.40 bits per heavy atom. The van der Waals surface area contributed by atoms with E-state index in [4.69, 9.17) is 11.6 Å². The number of aromatic nitrogens is 6. The molecule has 0 spiro atoms. The maximum absolute atomic E-state index is 13.7. The van der Waals surface area contributed by atoms with Crippen LogP contribution in [0.25, 0.3) is 5.82 Å². The van der Waals surface area contributed by atoms with Gasteiger partial charge >= 0.3 is 12.1 Å². The summed E-state index contributed by atoms with van der Waals surface area (Å²) in [6.45, 7) is 6.71. The van der Waals surface area contributed by atoms with E-state index in [1.54, 1.807) is 25.1 Å². The molecule has 2 N–H and O–H groups in total. The van der Waals surface area contributed by atoms with Gasteiger partial charge < -0.3 is 10.6 Å². The molecule has 0 aliphatic carbocycles. The van der Waals surface area contributed by atoms with E-state index >= 15 is 0 Å². The Kier molecular flexibility index (Phi) is 8.84. The number of pyridine rings is 1. The van der Waals surface area contributed by atoms with Crippen LogP contribution in [0.3, 0.4) is 0 Å². The van der Waals surface area contributed by atoms with Crippen molar-refractivity contribution in [2.24, 2.45) is 0 Å². The Morgan fingerprint density at radius 1 is 1.07 bits per heavy atom. The Bertz CT molecular complexity index is 1700. The molecule has 17 heteroatoms. The van der Waals surface area contributed by atoms with Gasteiger partial charge in [0.05, 0.1) is 34.7 Å². The van der Waals surface area contributed by atoms with Crippen LogP contribution in [-0.4, -0.2) is 53.3 Å². The smallest absolute Gasteiger partial charge is 0.347 e. The van der Waals surface area contributed by atoms with Gasteiger partial charge in [-0.1, -0.05) is 16.8 Å². The maximum Gasteiger partial charge on any atom is 0.459 e. The van der Waals surface area contributed by atoms with Crippen molar-refractivity contribution in [3.8, 4) is 5.82 Å². The van der Waals surface area contributed by atoms with Crippen molar-refractivity contribution in [3.63, 3.8) is 0 Å². The third kappa shape index (κ3) is 7.11. The second-order valence-corrected chi connectivity index (χ2v) is 12.1. The number of carbonyl (C=O) groups is 2. The summed E-state index contributed by atoms with van der Waals surface area (Å²) in [4.78, 5) is 31.0. The van der Waals surface area contributed by atoms with E-state index < -0.39 is 41.7 Å². The van der Waals surface area contributed by atoms with E-state index in [1.165, 1.54) is 18.3 Å². The van der Waals surface area contributed by atoms with E-state index in [0.29, 0.717) is 11.8 Å². The third-order valence-corrected chi connectivity index (χ3v) is 6.66. The third-order valence-electron chi connectivity index (χ3n) is 5.74. The molecule has 43 heavy (non-hydrogen) atoms. The number of anilines is 1. The Balaban J connectivity index is 1.74. The average molecular weight is 737 g/mol. The molecule has 4 rings (SSSR count). The lowest BCUT2D eigenvalue weighted by Crippen LogP contribution is -2.41. The fourth-order valence-corrected chi connectivity index (χ4v) is 4.85. The summed E-state index contributed by atoms with van der Waals surface area (Å²) >= 11 is 8.36. The second-order valence-electron chi connectivity index (χ2n) is 10.4. The van der Waals surface area contributed by atoms with E-state index in [0.717, 1.165) is 12.9 Å². The lowest BCUT2D eigenvalue weighted by molar-refractivity contribution is -0.291. The Hall–Kier alpha value is -3.67. The molecule has 0 saturated heterocycles. The summed E-state index contributed by atoms with van der Waals surface area (Å²) < 4.78 is 68.4. The van der Waals surface area contributed by atoms with Gasteiger partial charge in [0.2, 0.25) is 0 Å². The zero-order valence-corrected chi connectivity index (χ0v) is 25.8. The Labute approximate surface area is 260 Å². The first-order valence-electron chi connectivity index (χ1n) is 12.4. The largest absolute Gasteiger partial charge is 0.459 e. The van der Waals surface area contributed by atoms with Gasteiger partial charge in [-0.25, -0.2) is 14.3 Å². The SMILES string of the molecule is Cc1cc(I)cc(C(=O)NC(C)(C)C)c1NC(=O)c1cc(Cn2cc(C(F)(F)C(F)(F)F)nn2)nn1-c1ncccc1Cl. The molecule has 10 nitrogen and oxygen atoms in total. The molecule has 3 aromatic heterocycles. The molecule has 4 aromatic rings. The quantitative estimate of drug-likeness (QED) is 0.180. The van der Waals surface area contributed by atoms with Crippen LogP contribution in [0.1, 0.15) is 58.6 Å². The van der Waals surface area contributed by atoms with Gasteiger partial charge in [0.25, 0.3) is 11.8 Å². The lowest BCUT2D eigenvalue weighted by atomic mass is 10.0. The molecule has 0 saturated carbocycles. The van der Waals surface area contributed by atoms with Crippen molar-refractivity contribution in [1.82, 2.24) is 35.1 Å². The Morgan fingerprint density at radius 2 is 1.77 bits per heavy atom. The molecule has 2 amide bonds. The average Bonchev–Trinajstić information content (AvgIpc) is 3.52. The van der Waals surface area contributed by atoms with Crippen LogP contribution in [-0.2, 0) is 12.5 Å². The number of amides is 2. The summed E-state index contributed by atoms with van der Waals surface area (Å²) in [6, 6.07) is 7.68. The maximum atomic E-state index is 13.7. The number of nitrogens with one attached hydrogen (secondary N) is 2. The number of halogens is 7. The van der Waals surface area contributed by atoms with Crippen LogP contribution in [0.5, 0.6) is 0 Å². The fourth-order valence-electron chi connectivity index (χ4n) is 3.87. The van der Waals surface area contributed by atoms with Gasteiger partial charge in [-0.2, -0.15) is 27.1 Å². The van der Waals surface area contributed by atoms with Crippen molar-refractivity contribution in [3.05, 3.63) is 79.5 Å². The molecule has 228 valence electrons. The standard InChI is InChI=1S/C26H23ClF5IN8O2/c1-13-8-14(33)9-16(22(42)36-24(2,3)4)20(13)35-23(43)18-10-15(38-41(18)21-17(27)6-5-7-34-21)11-40-12-19(37-39-40)25(28,29)26(30,31)32/h5-10,12H,11H2,1-4H3,(H,35,43)(H,36,42). The van der Waals surface area contributed by atoms with Crippen LogP contribution >= 0.6 is 34.2 Å². The number of nitrogens with zero attached hydrogens (tertiary/aromatic N) is 6. The van der Waals surface area contributed by atoms with Crippen LogP contribution < -0.4 is 10.6 Å². The molecule has 0 aliphatic heterocycles.